The molecule has 178 valence electrons. The van der Waals surface area contributed by atoms with Gasteiger partial charge < -0.3 is 10.2 Å². The van der Waals surface area contributed by atoms with Crippen molar-refractivity contribution in [1.29, 1.82) is 0 Å². The lowest BCUT2D eigenvalue weighted by molar-refractivity contribution is -0.143. The number of carbonyl (C=O) groups is 2. The van der Waals surface area contributed by atoms with E-state index in [4.69, 9.17) is 11.6 Å². The molecule has 1 aliphatic rings. The lowest BCUT2D eigenvalue weighted by atomic mass is 9.95. The van der Waals surface area contributed by atoms with E-state index in [2.05, 4.69) is 15.4 Å². The van der Waals surface area contributed by atoms with Crippen LogP contribution in [-0.2, 0) is 11.0 Å². The normalized spacial score (nSPS) is 14.8. The number of amides is 2. The first-order chi connectivity index (χ1) is 16.1. The molecule has 34 heavy (non-hydrogen) atoms. The van der Waals surface area contributed by atoms with Crippen LogP contribution in [0.4, 0.5) is 19.0 Å². The van der Waals surface area contributed by atoms with Crippen LogP contribution in [0.2, 0.25) is 5.02 Å². The molecule has 7 nitrogen and oxygen atoms in total. The fourth-order valence-electron chi connectivity index (χ4n) is 3.87. The number of nitrogens with one attached hydrogen (secondary N) is 1. The van der Waals surface area contributed by atoms with Gasteiger partial charge in [0.2, 0.25) is 5.91 Å². The van der Waals surface area contributed by atoms with E-state index in [0.29, 0.717) is 23.3 Å². The van der Waals surface area contributed by atoms with Crippen LogP contribution >= 0.6 is 11.6 Å². The third kappa shape index (κ3) is 5.06. The zero-order valence-corrected chi connectivity index (χ0v) is 18.9. The van der Waals surface area contributed by atoms with E-state index in [-0.39, 0.29) is 35.6 Å². The quantitative estimate of drug-likeness (QED) is 0.571. The van der Waals surface area contributed by atoms with Gasteiger partial charge in [-0.1, -0.05) is 23.7 Å². The molecule has 1 aliphatic heterocycles. The average Bonchev–Trinajstić information content (AvgIpc) is 3.26. The highest BCUT2D eigenvalue weighted by molar-refractivity contribution is 6.30. The molecule has 1 fully saturated rings. The van der Waals surface area contributed by atoms with Crippen LogP contribution in [0.25, 0.3) is 5.69 Å². The number of aryl methyl sites for hydroxylation is 1. The predicted molar refractivity (Wildman–Crippen MR) is 120 cm³/mol. The van der Waals surface area contributed by atoms with Gasteiger partial charge in [0, 0.05) is 30.2 Å². The van der Waals surface area contributed by atoms with Crippen molar-refractivity contribution >= 4 is 29.2 Å². The first-order valence-electron chi connectivity index (χ1n) is 10.6. The summed E-state index contributed by atoms with van der Waals surface area (Å²) < 4.78 is 42.5. The average molecular weight is 492 g/mol. The van der Waals surface area contributed by atoms with E-state index < -0.39 is 23.3 Å². The van der Waals surface area contributed by atoms with Gasteiger partial charge in [0.1, 0.15) is 5.82 Å². The number of likely N-dealkylation sites (tertiary alicyclic amines) is 1. The van der Waals surface area contributed by atoms with Crippen LogP contribution in [0.15, 0.2) is 48.8 Å². The molecule has 2 amide bonds. The number of hydrogen-bond donors (Lipinski definition) is 1. The number of nitrogens with zero attached hydrogens (tertiary/aromatic N) is 4. The Balaban J connectivity index is 1.48. The second kappa shape index (κ2) is 9.46. The van der Waals surface area contributed by atoms with Crippen molar-refractivity contribution in [3.63, 3.8) is 0 Å². The summed E-state index contributed by atoms with van der Waals surface area (Å²) in [6, 6.07) is 9.32. The van der Waals surface area contributed by atoms with Crippen LogP contribution in [0.1, 0.15) is 34.5 Å². The SMILES string of the molecule is Cc1ccc(NC(=O)C2CCN(C(=O)c3cnn(-c4cccc(Cl)c4)c3C(F)(F)F)CC2)nc1. The molecule has 11 heteroatoms. The lowest BCUT2D eigenvalue weighted by Gasteiger charge is -2.31. The number of rotatable bonds is 4. The molecule has 0 unspecified atom stereocenters. The van der Waals surface area contributed by atoms with Crippen LogP contribution in [0, 0.1) is 12.8 Å². The number of carbonyl (C=O) groups excluding carboxylic acids is 2. The number of aromatic nitrogens is 3. The smallest absolute Gasteiger partial charge is 0.338 e. The van der Waals surface area contributed by atoms with Gasteiger partial charge in [-0.3, -0.25) is 9.59 Å². The van der Waals surface area contributed by atoms with Crippen molar-refractivity contribution < 1.29 is 22.8 Å². The van der Waals surface area contributed by atoms with Gasteiger partial charge in [0.05, 0.1) is 17.4 Å². The van der Waals surface area contributed by atoms with Crippen molar-refractivity contribution in [3.05, 3.63) is 70.6 Å². The van der Waals surface area contributed by atoms with Crippen LogP contribution in [0.5, 0.6) is 0 Å². The monoisotopic (exact) mass is 491 g/mol. The number of hydrogen-bond acceptors (Lipinski definition) is 4. The molecular formula is C23H21ClF3N5O2. The Morgan fingerprint density at radius 2 is 1.85 bits per heavy atom. The fraction of sp³-hybridized carbons (Fsp3) is 0.304. The minimum absolute atomic E-state index is 0.0963. The summed E-state index contributed by atoms with van der Waals surface area (Å²) in [6.45, 7) is 2.18. The first-order valence-corrected chi connectivity index (χ1v) is 10.9. The molecule has 0 saturated carbocycles. The Labute approximate surface area is 198 Å². The van der Waals surface area contributed by atoms with Crippen LogP contribution < -0.4 is 5.32 Å². The highest BCUT2D eigenvalue weighted by atomic mass is 35.5. The Morgan fingerprint density at radius 3 is 2.47 bits per heavy atom. The molecule has 1 saturated heterocycles. The van der Waals surface area contributed by atoms with Gasteiger partial charge in [-0.05, 0) is 49.6 Å². The summed E-state index contributed by atoms with van der Waals surface area (Å²) >= 11 is 5.92. The van der Waals surface area contributed by atoms with Crippen molar-refractivity contribution in [2.75, 3.05) is 18.4 Å². The van der Waals surface area contributed by atoms with E-state index >= 15 is 0 Å². The number of benzene rings is 1. The minimum Gasteiger partial charge on any atom is -0.338 e. The Hall–Kier alpha value is -3.40. The molecule has 0 spiro atoms. The Kier molecular flexibility index (Phi) is 6.60. The summed E-state index contributed by atoms with van der Waals surface area (Å²) in [5.41, 5.74) is -0.648. The third-order valence-corrected chi connectivity index (χ3v) is 5.87. The summed E-state index contributed by atoms with van der Waals surface area (Å²) in [6.07, 6.45) is -1.60. The summed E-state index contributed by atoms with van der Waals surface area (Å²) in [5.74, 6) is -0.950. The second-order valence-electron chi connectivity index (χ2n) is 8.07. The maximum atomic E-state index is 13.9. The summed E-state index contributed by atoms with van der Waals surface area (Å²) in [5, 5.41) is 6.81. The van der Waals surface area contributed by atoms with Gasteiger partial charge in [0.25, 0.3) is 5.91 Å². The van der Waals surface area contributed by atoms with Gasteiger partial charge in [-0.25, -0.2) is 9.67 Å². The number of anilines is 1. The van der Waals surface area contributed by atoms with E-state index in [0.717, 1.165) is 11.8 Å². The van der Waals surface area contributed by atoms with Crippen LogP contribution in [-0.4, -0.2) is 44.6 Å². The first kappa shape index (κ1) is 23.7. The van der Waals surface area contributed by atoms with E-state index in [1.807, 2.05) is 13.0 Å². The second-order valence-corrected chi connectivity index (χ2v) is 8.51. The topological polar surface area (TPSA) is 80.1 Å². The number of alkyl halides is 3. The highest BCUT2D eigenvalue weighted by Crippen LogP contribution is 2.35. The lowest BCUT2D eigenvalue weighted by Crippen LogP contribution is -2.42. The Bertz CT molecular complexity index is 1200. The Morgan fingerprint density at radius 1 is 1.12 bits per heavy atom. The molecule has 3 heterocycles. The number of pyridine rings is 1. The third-order valence-electron chi connectivity index (χ3n) is 5.64. The highest BCUT2D eigenvalue weighted by Gasteiger charge is 2.42. The van der Waals surface area contributed by atoms with Gasteiger partial charge in [-0.15, -0.1) is 0 Å². The van der Waals surface area contributed by atoms with Crippen molar-refractivity contribution in [1.82, 2.24) is 19.7 Å². The molecule has 2 aromatic heterocycles. The zero-order valence-electron chi connectivity index (χ0n) is 18.1. The largest absolute Gasteiger partial charge is 0.434 e. The molecule has 3 aromatic rings. The van der Waals surface area contributed by atoms with E-state index in [1.54, 1.807) is 12.3 Å². The maximum Gasteiger partial charge on any atom is 0.434 e. The maximum absolute atomic E-state index is 13.9. The van der Waals surface area contributed by atoms with Gasteiger partial charge in [-0.2, -0.15) is 18.3 Å². The van der Waals surface area contributed by atoms with Crippen molar-refractivity contribution in [2.45, 2.75) is 25.9 Å². The molecule has 0 bridgehead atoms. The van der Waals surface area contributed by atoms with Crippen molar-refractivity contribution in [3.8, 4) is 5.69 Å². The molecule has 1 N–H and O–H groups in total. The van der Waals surface area contributed by atoms with Gasteiger partial charge >= 0.3 is 6.18 Å². The standard InChI is InChI=1S/C23H21ClF3N5O2/c1-14-5-6-19(28-12-14)30-21(33)15-7-9-31(10-8-15)22(34)18-13-29-32(20(18)23(25,26)27)17-4-2-3-16(24)11-17/h2-6,11-13,15H,7-10H2,1H3,(H,28,30,33). The molecule has 1 aromatic carbocycles. The summed E-state index contributed by atoms with van der Waals surface area (Å²) in [7, 11) is 0. The van der Waals surface area contributed by atoms with E-state index in [9.17, 15) is 22.8 Å². The van der Waals surface area contributed by atoms with E-state index in [1.165, 1.54) is 29.2 Å². The summed E-state index contributed by atoms with van der Waals surface area (Å²) in [4.78, 5) is 31.0. The minimum atomic E-state index is -4.82. The molecular weight excluding hydrogens is 471 g/mol. The predicted octanol–water partition coefficient (Wildman–Crippen LogP) is 4.74. The van der Waals surface area contributed by atoms with Crippen LogP contribution in [0.3, 0.4) is 0 Å². The van der Waals surface area contributed by atoms with Gasteiger partial charge in [0.15, 0.2) is 5.69 Å². The number of piperidine rings is 1. The number of halogens is 4. The molecule has 0 radical (unpaired) electrons. The molecule has 0 atom stereocenters. The van der Waals surface area contributed by atoms with Crippen molar-refractivity contribution in [2.24, 2.45) is 5.92 Å². The molecule has 0 aliphatic carbocycles. The zero-order chi connectivity index (χ0) is 24.5. The fourth-order valence-corrected chi connectivity index (χ4v) is 4.05. The molecule has 4 rings (SSSR count).